The largest absolute Gasteiger partial charge is 0.350 e. The van der Waals surface area contributed by atoms with Crippen LogP contribution in [0.3, 0.4) is 0 Å². The molecule has 0 radical (unpaired) electrons. The van der Waals surface area contributed by atoms with Crippen molar-refractivity contribution in [2.75, 3.05) is 26.2 Å². The number of hydrogen-bond acceptors (Lipinski definition) is 2. The van der Waals surface area contributed by atoms with E-state index in [0.717, 1.165) is 38.3 Å². The molecular weight excluding hydrogens is 264 g/mol. The van der Waals surface area contributed by atoms with Crippen LogP contribution in [0.15, 0.2) is 18.2 Å². The molecule has 0 aliphatic carbocycles. The van der Waals surface area contributed by atoms with Gasteiger partial charge in [0.25, 0.3) is 5.91 Å². The standard InChI is InChI=1S/C14H13F2N3O/c15-9-1-8-2-12(18-11(8)3-10(9)16)13(20)19-6-14(7-19)4-17-5-14/h1-3,17-18H,4-7H2. The van der Waals surface area contributed by atoms with Crippen LogP contribution in [0, 0.1) is 17.0 Å². The predicted octanol–water partition coefficient (Wildman–Crippen LogP) is 1.49. The highest BCUT2D eigenvalue weighted by molar-refractivity contribution is 5.98. The highest BCUT2D eigenvalue weighted by atomic mass is 19.2. The first-order valence-electron chi connectivity index (χ1n) is 6.54. The smallest absolute Gasteiger partial charge is 0.270 e. The zero-order valence-corrected chi connectivity index (χ0v) is 10.7. The fourth-order valence-electron chi connectivity index (χ4n) is 3.02. The zero-order chi connectivity index (χ0) is 13.9. The first-order valence-corrected chi connectivity index (χ1v) is 6.54. The molecule has 2 fully saturated rings. The van der Waals surface area contributed by atoms with Crippen molar-refractivity contribution in [3.63, 3.8) is 0 Å². The molecule has 0 saturated carbocycles. The molecule has 1 spiro atoms. The lowest BCUT2D eigenvalue weighted by Gasteiger charge is -2.55. The third kappa shape index (κ3) is 1.57. The number of fused-ring (bicyclic) bond motifs is 1. The third-order valence-electron chi connectivity index (χ3n) is 4.23. The highest BCUT2D eigenvalue weighted by Gasteiger charge is 2.49. The molecular formula is C14H13F2N3O. The minimum absolute atomic E-state index is 0.112. The van der Waals surface area contributed by atoms with Gasteiger partial charge in [-0.3, -0.25) is 4.79 Å². The van der Waals surface area contributed by atoms with Gasteiger partial charge >= 0.3 is 0 Å². The monoisotopic (exact) mass is 277 g/mol. The van der Waals surface area contributed by atoms with Gasteiger partial charge in [-0.05, 0) is 12.1 Å². The SMILES string of the molecule is O=C(c1cc2cc(F)c(F)cc2[nH]1)N1CC2(CNC2)C1. The second-order valence-electron chi connectivity index (χ2n) is 5.80. The molecule has 4 nitrogen and oxygen atoms in total. The number of nitrogens with one attached hydrogen (secondary N) is 2. The Hall–Kier alpha value is -1.95. The molecule has 2 aromatic rings. The zero-order valence-electron chi connectivity index (χ0n) is 10.7. The van der Waals surface area contributed by atoms with E-state index in [1.807, 2.05) is 0 Å². The molecule has 0 unspecified atom stereocenters. The Morgan fingerprint density at radius 1 is 1.15 bits per heavy atom. The molecule has 4 rings (SSSR count). The van der Waals surface area contributed by atoms with Crippen molar-refractivity contribution < 1.29 is 13.6 Å². The van der Waals surface area contributed by atoms with E-state index in [4.69, 9.17) is 0 Å². The first-order chi connectivity index (χ1) is 9.56. The molecule has 20 heavy (non-hydrogen) atoms. The summed E-state index contributed by atoms with van der Waals surface area (Å²) < 4.78 is 26.3. The van der Waals surface area contributed by atoms with E-state index in [-0.39, 0.29) is 11.3 Å². The van der Waals surface area contributed by atoms with E-state index in [0.29, 0.717) is 16.6 Å². The van der Waals surface area contributed by atoms with Crippen molar-refractivity contribution in [3.8, 4) is 0 Å². The van der Waals surface area contributed by atoms with Crippen LogP contribution < -0.4 is 5.32 Å². The summed E-state index contributed by atoms with van der Waals surface area (Å²) in [5.74, 6) is -1.93. The maximum absolute atomic E-state index is 13.2. The number of hydrogen-bond donors (Lipinski definition) is 2. The number of H-pyrrole nitrogens is 1. The van der Waals surface area contributed by atoms with Crippen molar-refractivity contribution in [2.24, 2.45) is 5.41 Å². The Labute approximate surface area is 113 Å². The number of benzene rings is 1. The summed E-state index contributed by atoms with van der Waals surface area (Å²) in [5.41, 5.74) is 1.08. The normalized spacial score (nSPS) is 20.0. The summed E-state index contributed by atoms with van der Waals surface area (Å²) in [4.78, 5) is 16.9. The Morgan fingerprint density at radius 3 is 2.50 bits per heavy atom. The van der Waals surface area contributed by atoms with Gasteiger partial charge in [-0.1, -0.05) is 0 Å². The second kappa shape index (κ2) is 3.79. The van der Waals surface area contributed by atoms with Crippen LogP contribution in [-0.2, 0) is 0 Å². The van der Waals surface area contributed by atoms with Crippen molar-refractivity contribution in [1.82, 2.24) is 15.2 Å². The lowest BCUT2D eigenvalue weighted by molar-refractivity contribution is -0.0251. The molecule has 2 aliphatic rings. The maximum Gasteiger partial charge on any atom is 0.270 e. The van der Waals surface area contributed by atoms with Crippen LogP contribution in [0.5, 0.6) is 0 Å². The van der Waals surface area contributed by atoms with E-state index in [1.165, 1.54) is 0 Å². The second-order valence-corrected chi connectivity index (χ2v) is 5.80. The van der Waals surface area contributed by atoms with E-state index in [2.05, 4.69) is 10.3 Å². The van der Waals surface area contributed by atoms with E-state index in [9.17, 15) is 13.6 Å². The summed E-state index contributed by atoms with van der Waals surface area (Å²) in [6.07, 6.45) is 0. The first kappa shape index (κ1) is 11.8. The number of nitrogens with zero attached hydrogens (tertiary/aromatic N) is 1. The molecule has 1 aromatic heterocycles. The Morgan fingerprint density at radius 2 is 1.85 bits per heavy atom. The lowest BCUT2D eigenvalue weighted by atomic mass is 9.74. The molecule has 1 aromatic carbocycles. The molecule has 2 saturated heterocycles. The fourth-order valence-corrected chi connectivity index (χ4v) is 3.02. The van der Waals surface area contributed by atoms with Crippen molar-refractivity contribution in [2.45, 2.75) is 0 Å². The van der Waals surface area contributed by atoms with Gasteiger partial charge in [0.2, 0.25) is 0 Å². The van der Waals surface area contributed by atoms with Crippen LogP contribution in [0.2, 0.25) is 0 Å². The van der Waals surface area contributed by atoms with Gasteiger partial charge in [0, 0.05) is 48.6 Å². The summed E-state index contributed by atoms with van der Waals surface area (Å²) in [6.45, 7) is 3.41. The molecule has 0 bridgehead atoms. The highest BCUT2D eigenvalue weighted by Crippen LogP contribution is 2.35. The van der Waals surface area contributed by atoms with E-state index < -0.39 is 11.6 Å². The average Bonchev–Trinajstić information content (AvgIpc) is 2.68. The summed E-state index contributed by atoms with van der Waals surface area (Å²) in [7, 11) is 0. The Bertz CT molecular complexity index is 674. The molecule has 104 valence electrons. The number of amides is 1. The summed E-state index contributed by atoms with van der Waals surface area (Å²) in [5, 5.41) is 3.72. The minimum Gasteiger partial charge on any atom is -0.350 e. The van der Waals surface area contributed by atoms with Crippen LogP contribution in [0.4, 0.5) is 8.78 Å². The van der Waals surface area contributed by atoms with Crippen molar-refractivity contribution in [1.29, 1.82) is 0 Å². The van der Waals surface area contributed by atoms with Crippen LogP contribution in [0.25, 0.3) is 10.9 Å². The fraction of sp³-hybridized carbons (Fsp3) is 0.357. The van der Waals surface area contributed by atoms with Gasteiger partial charge in [0.15, 0.2) is 11.6 Å². The molecule has 3 heterocycles. The Balaban J connectivity index is 1.60. The van der Waals surface area contributed by atoms with Gasteiger partial charge in [0.05, 0.1) is 0 Å². The van der Waals surface area contributed by atoms with E-state index >= 15 is 0 Å². The predicted molar refractivity (Wildman–Crippen MR) is 69.4 cm³/mol. The average molecular weight is 277 g/mol. The molecule has 0 atom stereocenters. The number of rotatable bonds is 1. The van der Waals surface area contributed by atoms with Gasteiger partial charge in [0.1, 0.15) is 5.69 Å². The minimum atomic E-state index is -0.915. The number of halogens is 2. The van der Waals surface area contributed by atoms with Crippen molar-refractivity contribution in [3.05, 3.63) is 35.5 Å². The molecule has 2 aliphatic heterocycles. The number of aromatic nitrogens is 1. The van der Waals surface area contributed by atoms with Crippen LogP contribution >= 0.6 is 0 Å². The topological polar surface area (TPSA) is 48.1 Å². The van der Waals surface area contributed by atoms with Gasteiger partial charge in [-0.25, -0.2) is 8.78 Å². The molecule has 6 heteroatoms. The summed E-state index contributed by atoms with van der Waals surface area (Å²) >= 11 is 0. The number of likely N-dealkylation sites (tertiary alicyclic amines) is 1. The van der Waals surface area contributed by atoms with Gasteiger partial charge < -0.3 is 15.2 Å². The summed E-state index contributed by atoms with van der Waals surface area (Å²) in [6, 6.07) is 3.75. The van der Waals surface area contributed by atoms with E-state index in [1.54, 1.807) is 11.0 Å². The Kier molecular flexibility index (Phi) is 2.24. The van der Waals surface area contributed by atoms with Crippen molar-refractivity contribution >= 4 is 16.8 Å². The maximum atomic E-state index is 13.2. The van der Waals surface area contributed by atoms with Crippen LogP contribution in [0.1, 0.15) is 10.5 Å². The molecule has 2 N–H and O–H groups in total. The lowest BCUT2D eigenvalue weighted by Crippen LogP contribution is -2.71. The third-order valence-corrected chi connectivity index (χ3v) is 4.23. The van der Waals surface area contributed by atoms with Gasteiger partial charge in [-0.2, -0.15) is 0 Å². The number of aromatic amines is 1. The number of carbonyl (C=O) groups excluding carboxylic acids is 1. The van der Waals surface area contributed by atoms with Gasteiger partial charge in [-0.15, -0.1) is 0 Å². The number of carbonyl (C=O) groups is 1. The molecule has 1 amide bonds. The van der Waals surface area contributed by atoms with Crippen LogP contribution in [-0.4, -0.2) is 42.0 Å². The quantitative estimate of drug-likeness (QED) is 0.829.